The average molecular weight is 292 g/mol. The number of ether oxygens (including phenoxy) is 1. The van der Waals surface area contributed by atoms with Gasteiger partial charge in [0, 0.05) is 18.5 Å². The molecule has 2 heterocycles. The molecule has 0 spiro atoms. The number of rotatable bonds is 6. The molecule has 0 bridgehead atoms. The SMILES string of the molecule is COCCNCc1ncc(-c2cc3c(s2)CCCC3)o1. The lowest BCUT2D eigenvalue weighted by Gasteiger charge is -2.08. The molecule has 0 aliphatic heterocycles. The molecule has 2 aromatic rings. The van der Waals surface area contributed by atoms with Crippen molar-refractivity contribution >= 4 is 11.3 Å². The van der Waals surface area contributed by atoms with Crippen LogP contribution in [0.1, 0.15) is 29.2 Å². The zero-order valence-corrected chi connectivity index (χ0v) is 12.6. The van der Waals surface area contributed by atoms with Crippen molar-refractivity contribution in [3.8, 4) is 10.6 Å². The minimum absolute atomic E-state index is 0.647. The van der Waals surface area contributed by atoms with E-state index in [-0.39, 0.29) is 0 Å². The van der Waals surface area contributed by atoms with E-state index in [1.54, 1.807) is 7.11 Å². The number of thiophene rings is 1. The number of methoxy groups -OCH3 is 1. The first-order valence-electron chi connectivity index (χ1n) is 7.13. The maximum absolute atomic E-state index is 5.82. The van der Waals surface area contributed by atoms with Crippen LogP contribution in [0.2, 0.25) is 0 Å². The Balaban J connectivity index is 1.65. The lowest BCUT2D eigenvalue weighted by atomic mass is 9.99. The number of hydrogen-bond acceptors (Lipinski definition) is 5. The monoisotopic (exact) mass is 292 g/mol. The molecule has 0 radical (unpaired) electrons. The van der Waals surface area contributed by atoms with E-state index in [1.165, 1.54) is 41.0 Å². The van der Waals surface area contributed by atoms with Crippen LogP contribution in [0, 0.1) is 0 Å². The smallest absolute Gasteiger partial charge is 0.208 e. The second-order valence-corrected chi connectivity index (χ2v) is 6.19. The Morgan fingerprint density at radius 1 is 1.40 bits per heavy atom. The minimum atomic E-state index is 0.647. The highest BCUT2D eigenvalue weighted by molar-refractivity contribution is 7.15. The van der Waals surface area contributed by atoms with Crippen LogP contribution in [0.4, 0.5) is 0 Å². The largest absolute Gasteiger partial charge is 0.438 e. The number of fused-ring (bicyclic) bond motifs is 1. The van der Waals surface area contributed by atoms with Gasteiger partial charge in [0.2, 0.25) is 5.89 Å². The molecule has 3 rings (SSSR count). The molecule has 0 fully saturated rings. The topological polar surface area (TPSA) is 47.3 Å². The number of hydrogen-bond donors (Lipinski definition) is 1. The van der Waals surface area contributed by atoms with Crippen molar-refractivity contribution in [3.05, 3.63) is 28.6 Å². The first kappa shape index (κ1) is 13.8. The minimum Gasteiger partial charge on any atom is -0.438 e. The van der Waals surface area contributed by atoms with Crippen molar-refractivity contribution in [1.82, 2.24) is 10.3 Å². The van der Waals surface area contributed by atoms with Crippen LogP contribution in [0.5, 0.6) is 0 Å². The molecule has 0 aromatic carbocycles. The van der Waals surface area contributed by atoms with Gasteiger partial charge in [-0.3, -0.25) is 0 Å². The molecule has 2 aromatic heterocycles. The predicted molar refractivity (Wildman–Crippen MR) is 80.0 cm³/mol. The molecule has 1 aliphatic carbocycles. The molecule has 0 saturated carbocycles. The first-order chi connectivity index (χ1) is 9.86. The van der Waals surface area contributed by atoms with E-state index in [0.717, 1.165) is 18.2 Å². The van der Waals surface area contributed by atoms with Crippen molar-refractivity contribution in [3.63, 3.8) is 0 Å². The summed E-state index contributed by atoms with van der Waals surface area (Å²) in [6.07, 6.45) is 6.90. The van der Waals surface area contributed by atoms with Gasteiger partial charge >= 0.3 is 0 Å². The van der Waals surface area contributed by atoms with Gasteiger partial charge in [0.15, 0.2) is 5.76 Å². The van der Waals surface area contributed by atoms with Gasteiger partial charge in [0.25, 0.3) is 0 Å². The molecule has 1 N–H and O–H groups in total. The Bertz CT molecular complexity index is 538. The van der Waals surface area contributed by atoms with E-state index >= 15 is 0 Å². The van der Waals surface area contributed by atoms with Gasteiger partial charge in [-0.25, -0.2) is 4.98 Å². The standard InChI is InChI=1S/C15H20N2O2S/c1-18-7-6-16-10-15-17-9-12(19-15)14-8-11-4-2-3-5-13(11)20-14/h8-9,16H,2-7,10H2,1H3. The second kappa shape index (κ2) is 6.52. The van der Waals surface area contributed by atoms with Crippen LogP contribution in [-0.2, 0) is 24.1 Å². The zero-order chi connectivity index (χ0) is 13.8. The van der Waals surface area contributed by atoms with Crippen LogP contribution in [-0.4, -0.2) is 25.2 Å². The van der Waals surface area contributed by atoms with E-state index in [1.807, 2.05) is 17.5 Å². The maximum Gasteiger partial charge on any atom is 0.208 e. The number of aryl methyl sites for hydroxylation is 2. The third-order valence-corrected chi connectivity index (χ3v) is 4.80. The molecule has 20 heavy (non-hydrogen) atoms. The quantitative estimate of drug-likeness (QED) is 0.831. The summed E-state index contributed by atoms with van der Waals surface area (Å²) in [5.74, 6) is 1.63. The summed E-state index contributed by atoms with van der Waals surface area (Å²) in [4.78, 5) is 7.08. The normalized spacial score (nSPS) is 14.4. The van der Waals surface area contributed by atoms with E-state index in [4.69, 9.17) is 9.15 Å². The van der Waals surface area contributed by atoms with E-state index < -0.39 is 0 Å². The van der Waals surface area contributed by atoms with Crippen molar-refractivity contribution in [2.75, 3.05) is 20.3 Å². The van der Waals surface area contributed by atoms with E-state index in [2.05, 4.69) is 16.4 Å². The molecular formula is C15H20N2O2S. The zero-order valence-electron chi connectivity index (χ0n) is 11.8. The number of aromatic nitrogens is 1. The van der Waals surface area contributed by atoms with E-state index in [0.29, 0.717) is 13.2 Å². The Kier molecular flexibility index (Phi) is 4.50. The molecule has 0 unspecified atom stereocenters. The second-order valence-electron chi connectivity index (χ2n) is 5.05. The summed E-state index contributed by atoms with van der Waals surface area (Å²) in [6, 6.07) is 2.28. The van der Waals surface area contributed by atoms with Crippen LogP contribution in [0.3, 0.4) is 0 Å². The molecule has 0 amide bonds. The summed E-state index contributed by atoms with van der Waals surface area (Å²) in [7, 11) is 1.70. The lowest BCUT2D eigenvalue weighted by Crippen LogP contribution is -2.18. The molecule has 0 saturated heterocycles. The van der Waals surface area contributed by atoms with Crippen LogP contribution in [0.25, 0.3) is 10.6 Å². The molecule has 1 aliphatic rings. The predicted octanol–water partition coefficient (Wildman–Crippen LogP) is 3.02. The van der Waals surface area contributed by atoms with Crippen molar-refractivity contribution in [2.24, 2.45) is 0 Å². The van der Waals surface area contributed by atoms with Crippen LogP contribution in [0.15, 0.2) is 16.7 Å². The van der Waals surface area contributed by atoms with E-state index in [9.17, 15) is 0 Å². The van der Waals surface area contributed by atoms with Crippen molar-refractivity contribution in [2.45, 2.75) is 32.2 Å². The highest BCUT2D eigenvalue weighted by Gasteiger charge is 2.16. The third kappa shape index (κ3) is 3.11. The van der Waals surface area contributed by atoms with Crippen LogP contribution >= 0.6 is 11.3 Å². The Hall–Kier alpha value is -1.17. The van der Waals surface area contributed by atoms with Crippen molar-refractivity contribution in [1.29, 1.82) is 0 Å². The molecular weight excluding hydrogens is 272 g/mol. The van der Waals surface area contributed by atoms with Gasteiger partial charge < -0.3 is 14.5 Å². The summed E-state index contributed by atoms with van der Waals surface area (Å²) in [5.41, 5.74) is 1.51. The third-order valence-electron chi connectivity index (χ3n) is 3.55. The first-order valence-corrected chi connectivity index (χ1v) is 7.95. The molecule has 0 atom stereocenters. The average Bonchev–Trinajstić information content (AvgIpc) is 3.09. The fraction of sp³-hybridized carbons (Fsp3) is 0.533. The lowest BCUT2D eigenvalue weighted by molar-refractivity contribution is 0.198. The summed E-state index contributed by atoms with van der Waals surface area (Å²) < 4.78 is 10.8. The van der Waals surface area contributed by atoms with Gasteiger partial charge in [-0.05, 0) is 37.3 Å². The summed E-state index contributed by atoms with van der Waals surface area (Å²) in [5, 5.41) is 3.24. The number of oxazole rings is 1. The highest BCUT2D eigenvalue weighted by Crippen LogP contribution is 2.35. The maximum atomic E-state index is 5.82. The highest BCUT2D eigenvalue weighted by atomic mass is 32.1. The molecule has 5 heteroatoms. The Morgan fingerprint density at radius 2 is 2.30 bits per heavy atom. The van der Waals surface area contributed by atoms with Gasteiger partial charge in [-0.15, -0.1) is 11.3 Å². The Morgan fingerprint density at radius 3 is 3.15 bits per heavy atom. The summed E-state index contributed by atoms with van der Waals surface area (Å²) >= 11 is 1.86. The molecule has 108 valence electrons. The van der Waals surface area contributed by atoms with Gasteiger partial charge in [-0.1, -0.05) is 0 Å². The van der Waals surface area contributed by atoms with Gasteiger partial charge in [0.05, 0.1) is 24.2 Å². The Labute approximate surface area is 123 Å². The van der Waals surface area contributed by atoms with Gasteiger partial charge in [-0.2, -0.15) is 0 Å². The molecule has 4 nitrogen and oxygen atoms in total. The van der Waals surface area contributed by atoms with Gasteiger partial charge in [0.1, 0.15) is 0 Å². The number of nitrogens with zero attached hydrogens (tertiary/aromatic N) is 1. The number of nitrogens with one attached hydrogen (secondary N) is 1. The van der Waals surface area contributed by atoms with Crippen molar-refractivity contribution < 1.29 is 9.15 Å². The fourth-order valence-corrected chi connectivity index (χ4v) is 3.69. The fourth-order valence-electron chi connectivity index (χ4n) is 2.49. The summed E-state index contributed by atoms with van der Waals surface area (Å²) in [6.45, 7) is 2.15. The van der Waals surface area contributed by atoms with Crippen LogP contribution < -0.4 is 5.32 Å².